The summed E-state index contributed by atoms with van der Waals surface area (Å²) in [4.78, 5) is 2.00. The van der Waals surface area contributed by atoms with Crippen LogP contribution >= 0.6 is 0 Å². The van der Waals surface area contributed by atoms with Gasteiger partial charge in [0.15, 0.2) is 0 Å². The van der Waals surface area contributed by atoms with Gasteiger partial charge in [-0.3, -0.25) is 0 Å². The lowest BCUT2D eigenvalue weighted by molar-refractivity contribution is 0.669. The molecule has 0 aliphatic rings. The summed E-state index contributed by atoms with van der Waals surface area (Å²) in [6.07, 6.45) is 0. The number of nitrogens with zero attached hydrogens (tertiary/aromatic N) is 1. The predicted molar refractivity (Wildman–Crippen MR) is 177 cm³/mol. The lowest BCUT2D eigenvalue weighted by Gasteiger charge is -2.26. The Morgan fingerprint density at radius 1 is 0.452 bits per heavy atom. The molecule has 0 aliphatic heterocycles. The number of para-hydroxylation sites is 2. The second kappa shape index (κ2) is 10.1. The van der Waals surface area contributed by atoms with E-state index < -0.39 is 30.2 Å². The second-order valence-corrected chi connectivity index (χ2v) is 9.70. The number of anilines is 3. The first-order chi connectivity index (χ1) is 25.8. The predicted octanol–water partition coefficient (Wildman–Crippen LogP) is 11.5. The highest BCUT2D eigenvalue weighted by Crippen LogP contribution is 2.38. The summed E-state index contributed by atoms with van der Waals surface area (Å²) >= 11 is 0. The number of hydrogen-bond acceptors (Lipinski definition) is 2. The van der Waals surface area contributed by atoms with Crippen molar-refractivity contribution in [3.63, 3.8) is 0 Å². The van der Waals surface area contributed by atoms with Gasteiger partial charge < -0.3 is 9.32 Å². The van der Waals surface area contributed by atoms with E-state index in [4.69, 9.17) is 20.9 Å². The zero-order valence-electron chi connectivity index (χ0n) is 34.0. The van der Waals surface area contributed by atoms with E-state index in [2.05, 4.69) is 0 Å². The molecule has 8 rings (SSSR count). The van der Waals surface area contributed by atoms with Gasteiger partial charge in [0, 0.05) is 27.8 Å². The van der Waals surface area contributed by atoms with Crippen molar-refractivity contribution in [1.29, 1.82) is 0 Å². The molecule has 0 fully saturated rings. The summed E-state index contributed by atoms with van der Waals surface area (Å²) in [6, 6.07) is 23.7. The average molecular weight is 550 g/mol. The molecule has 0 bridgehead atoms. The van der Waals surface area contributed by atoms with E-state index in [0.717, 1.165) is 22.6 Å². The molecule has 8 aromatic rings. The van der Waals surface area contributed by atoms with Gasteiger partial charge in [-0.15, -0.1) is 0 Å². The number of benzene rings is 7. The highest BCUT2D eigenvalue weighted by molar-refractivity contribution is 6.19. The highest BCUT2D eigenvalue weighted by Gasteiger charge is 2.14. The van der Waals surface area contributed by atoms with Crippen molar-refractivity contribution in [3.05, 3.63) is 164 Å². The maximum atomic E-state index is 9.07. The van der Waals surface area contributed by atoms with E-state index >= 15 is 0 Å². The molecule has 2 heteroatoms. The Morgan fingerprint density at radius 3 is 1.83 bits per heavy atom. The van der Waals surface area contributed by atoms with Crippen LogP contribution in [-0.2, 0) is 0 Å². The smallest absolute Gasteiger partial charge is 0.136 e. The van der Waals surface area contributed by atoms with Crippen LogP contribution in [0.5, 0.6) is 0 Å². The maximum Gasteiger partial charge on any atom is 0.136 e. The molecule has 1 heterocycles. The number of hydrogen-bond donors (Lipinski definition) is 0. The van der Waals surface area contributed by atoms with Crippen molar-refractivity contribution in [1.82, 2.24) is 0 Å². The fraction of sp³-hybridized carbons (Fsp3) is 0. The van der Waals surface area contributed by atoms with Crippen LogP contribution in [0.15, 0.2) is 168 Å². The largest absolute Gasteiger partial charge is 0.456 e. The Hall–Kier alpha value is -5.60. The monoisotopic (exact) mass is 549 g/mol. The average Bonchev–Trinajstić information content (AvgIpc) is 3.59. The van der Waals surface area contributed by atoms with Crippen LogP contribution in [0.3, 0.4) is 0 Å². The second-order valence-electron chi connectivity index (χ2n) is 9.70. The van der Waals surface area contributed by atoms with Crippen molar-refractivity contribution in [3.8, 4) is 22.3 Å². The van der Waals surface area contributed by atoms with Gasteiger partial charge in [-0.25, -0.2) is 0 Å². The van der Waals surface area contributed by atoms with Crippen molar-refractivity contribution >= 4 is 49.8 Å². The van der Waals surface area contributed by atoms with Gasteiger partial charge in [0.2, 0.25) is 0 Å². The number of furan rings is 1. The summed E-state index contributed by atoms with van der Waals surface area (Å²) in [5.74, 6) is 0. The molecule has 198 valence electrons. The van der Waals surface area contributed by atoms with Crippen LogP contribution in [0.2, 0.25) is 0 Å². The summed E-state index contributed by atoms with van der Waals surface area (Å²) < 4.78 is 107. The molecule has 0 radical (unpaired) electrons. The maximum absolute atomic E-state index is 9.07. The van der Waals surface area contributed by atoms with Crippen molar-refractivity contribution in [2.75, 3.05) is 4.90 Å². The fourth-order valence-electron chi connectivity index (χ4n) is 5.24. The molecule has 0 unspecified atom stereocenters. The van der Waals surface area contributed by atoms with Crippen molar-refractivity contribution in [2.24, 2.45) is 0 Å². The lowest BCUT2D eigenvalue weighted by Crippen LogP contribution is -2.09. The fourth-order valence-corrected chi connectivity index (χ4v) is 5.24. The van der Waals surface area contributed by atoms with Crippen LogP contribution in [0.4, 0.5) is 17.1 Å². The third kappa shape index (κ3) is 4.22. The van der Waals surface area contributed by atoms with Gasteiger partial charge in [0.1, 0.15) is 11.2 Å². The van der Waals surface area contributed by atoms with Crippen LogP contribution in [0.1, 0.15) is 16.4 Å². The topological polar surface area (TPSA) is 16.4 Å². The molecule has 0 saturated carbocycles. The molecule has 1 aromatic heterocycles. The summed E-state index contributed by atoms with van der Waals surface area (Å²) in [5.41, 5.74) is 4.11. The van der Waals surface area contributed by atoms with Gasteiger partial charge in [-0.2, -0.15) is 0 Å². The SMILES string of the molecule is [2H]c1c([2H])c([2H])c(-c2ccc(N(c3ccccc3)c3ccc(-c4cc([2H])c5c(c4)c([2H])c([2H])c4oc6c([2H])c([2H])c([2H])c([2H])c6c45)cc3)cc2)c([2H])c1[2H]. The van der Waals surface area contributed by atoms with E-state index in [1.165, 1.54) is 0 Å². The first-order valence-corrected chi connectivity index (χ1v) is 13.3. The van der Waals surface area contributed by atoms with E-state index in [1.54, 1.807) is 24.3 Å². The molecule has 42 heavy (non-hydrogen) atoms. The van der Waals surface area contributed by atoms with Gasteiger partial charge >= 0.3 is 0 Å². The molecule has 0 atom stereocenters. The minimum Gasteiger partial charge on any atom is -0.456 e. The lowest BCUT2D eigenvalue weighted by atomic mass is 9.98. The van der Waals surface area contributed by atoms with Gasteiger partial charge in [-0.1, -0.05) is 109 Å². The van der Waals surface area contributed by atoms with Gasteiger partial charge in [-0.05, 0) is 87.6 Å². The molecule has 0 saturated heterocycles. The highest BCUT2D eigenvalue weighted by atomic mass is 16.3. The molecular weight excluding hydrogens is 510 g/mol. The first kappa shape index (κ1) is 14.9. The normalized spacial score (nSPS) is 15.3. The van der Waals surface area contributed by atoms with Crippen LogP contribution < -0.4 is 4.90 Å². The van der Waals surface area contributed by atoms with E-state index in [1.807, 2.05) is 71.6 Å². The van der Waals surface area contributed by atoms with E-state index in [-0.39, 0.29) is 80.6 Å². The standard InChI is InChI=1S/C40H27NO/c1-3-9-28(10-4-1)29-15-21-34(22-16-29)41(33-11-5-2-6-12-33)35-23-17-30(18-24-35)31-19-25-36-32(27-31)20-26-39-40(36)37-13-7-8-14-38(37)42-39/h1-27H/i1D,3D,4D,7D,8D,9D,10D,13D,14D,20D,25D,26D. The quantitative estimate of drug-likeness (QED) is 0.212. The molecule has 2 nitrogen and oxygen atoms in total. The molecule has 0 amide bonds. The first-order valence-electron chi connectivity index (χ1n) is 19.3. The molecule has 0 N–H and O–H groups in total. The third-order valence-electron chi connectivity index (χ3n) is 7.22. The molecule has 0 spiro atoms. The third-order valence-corrected chi connectivity index (χ3v) is 7.22. The number of rotatable bonds is 5. The Kier molecular flexibility index (Phi) is 3.57. The summed E-state index contributed by atoms with van der Waals surface area (Å²) in [5, 5.41) is 0.815. The van der Waals surface area contributed by atoms with Crippen LogP contribution in [0.25, 0.3) is 55.0 Å². The van der Waals surface area contributed by atoms with Crippen molar-refractivity contribution in [2.45, 2.75) is 0 Å². The molecule has 7 aromatic carbocycles. The van der Waals surface area contributed by atoms with Crippen molar-refractivity contribution < 1.29 is 20.9 Å². The summed E-state index contributed by atoms with van der Waals surface area (Å²) in [6.45, 7) is 0. The number of fused-ring (bicyclic) bond motifs is 5. The van der Waals surface area contributed by atoms with Gasteiger partial charge in [0.25, 0.3) is 0 Å². The Balaban J connectivity index is 1.22. The van der Waals surface area contributed by atoms with E-state index in [0.29, 0.717) is 11.1 Å². The van der Waals surface area contributed by atoms with Crippen LogP contribution in [-0.4, -0.2) is 0 Å². The molecule has 0 aliphatic carbocycles. The minimum atomic E-state index is -0.471. The van der Waals surface area contributed by atoms with E-state index in [9.17, 15) is 0 Å². The van der Waals surface area contributed by atoms with Crippen LogP contribution in [0, 0.1) is 0 Å². The molecular formula is C40H27NO. The zero-order chi connectivity index (χ0) is 38.3. The zero-order valence-corrected chi connectivity index (χ0v) is 22.0. The Morgan fingerprint density at radius 2 is 1.10 bits per heavy atom. The minimum absolute atomic E-state index is 0.00491. The van der Waals surface area contributed by atoms with Gasteiger partial charge in [0.05, 0.1) is 16.4 Å². The summed E-state index contributed by atoms with van der Waals surface area (Å²) in [7, 11) is 0. The Labute approximate surface area is 261 Å². The Bertz CT molecular complexity index is 2810.